The number of carbonyl (C=O) groups excluding carboxylic acids is 1. The van der Waals surface area contributed by atoms with E-state index in [0.717, 1.165) is 24.4 Å². The van der Waals surface area contributed by atoms with Crippen molar-refractivity contribution in [2.45, 2.75) is 6.18 Å². The molecule has 2 aromatic rings. The van der Waals surface area contributed by atoms with Gasteiger partial charge in [0.1, 0.15) is 11.6 Å². The van der Waals surface area contributed by atoms with Crippen molar-refractivity contribution in [3.63, 3.8) is 0 Å². The molecule has 0 saturated heterocycles. The zero-order valence-electron chi connectivity index (χ0n) is 12.5. The van der Waals surface area contributed by atoms with Crippen LogP contribution in [0.3, 0.4) is 0 Å². The summed E-state index contributed by atoms with van der Waals surface area (Å²) < 4.78 is 56.1. The van der Waals surface area contributed by atoms with Crippen LogP contribution < -0.4 is 10.2 Å². The number of nitrogens with one attached hydrogen (secondary N) is 1. The summed E-state index contributed by atoms with van der Waals surface area (Å²) in [6, 6.07) is 8.14. The van der Waals surface area contributed by atoms with Crippen molar-refractivity contribution in [3.8, 4) is 5.75 Å². The van der Waals surface area contributed by atoms with E-state index in [-0.39, 0.29) is 16.3 Å². The van der Waals surface area contributed by atoms with Crippen LogP contribution in [0.25, 0.3) is 0 Å². The van der Waals surface area contributed by atoms with Crippen molar-refractivity contribution in [1.82, 2.24) is 5.43 Å². The number of rotatable bonds is 5. The fraction of sp³-hybridized carbons (Fsp3) is 0.125. The lowest BCUT2D eigenvalue weighted by molar-refractivity contribution is -0.137. The van der Waals surface area contributed by atoms with E-state index >= 15 is 0 Å². The number of amides is 1. The van der Waals surface area contributed by atoms with Crippen molar-refractivity contribution < 1.29 is 27.1 Å². The SMILES string of the molecule is O=C(COc1cccc(C(F)(F)F)c1)N/N=C/c1c(F)cccc1Cl. The lowest BCUT2D eigenvalue weighted by Crippen LogP contribution is -2.24. The van der Waals surface area contributed by atoms with Crippen LogP contribution in [0.4, 0.5) is 17.6 Å². The van der Waals surface area contributed by atoms with Crippen LogP contribution in [0.15, 0.2) is 47.6 Å². The van der Waals surface area contributed by atoms with Crippen LogP contribution in [-0.2, 0) is 11.0 Å². The van der Waals surface area contributed by atoms with Crippen molar-refractivity contribution in [1.29, 1.82) is 0 Å². The summed E-state index contributed by atoms with van der Waals surface area (Å²) in [5.41, 5.74) is 1.16. The van der Waals surface area contributed by atoms with Gasteiger partial charge in [-0.25, -0.2) is 9.82 Å². The second-order valence-corrected chi connectivity index (χ2v) is 5.15. The van der Waals surface area contributed by atoms with Gasteiger partial charge in [0.05, 0.1) is 16.8 Å². The summed E-state index contributed by atoms with van der Waals surface area (Å²) in [5, 5.41) is 3.63. The number of hydrogen-bond acceptors (Lipinski definition) is 3. The number of halogens is 5. The number of ether oxygens (including phenoxy) is 1. The van der Waals surface area contributed by atoms with Gasteiger partial charge < -0.3 is 4.74 Å². The zero-order chi connectivity index (χ0) is 18.4. The summed E-state index contributed by atoms with van der Waals surface area (Å²) in [6.07, 6.45) is -3.50. The number of nitrogens with zero attached hydrogens (tertiary/aromatic N) is 1. The molecule has 0 aliphatic heterocycles. The molecule has 0 aromatic heterocycles. The molecule has 132 valence electrons. The molecule has 4 nitrogen and oxygen atoms in total. The van der Waals surface area contributed by atoms with Gasteiger partial charge in [-0.05, 0) is 30.3 Å². The zero-order valence-corrected chi connectivity index (χ0v) is 13.2. The Morgan fingerprint density at radius 1 is 1.24 bits per heavy atom. The molecule has 0 aliphatic rings. The number of hydrazone groups is 1. The van der Waals surface area contributed by atoms with Crippen molar-refractivity contribution in [3.05, 3.63) is 64.4 Å². The lowest BCUT2D eigenvalue weighted by Gasteiger charge is -2.09. The number of benzene rings is 2. The molecule has 0 bridgehead atoms. The molecule has 2 rings (SSSR count). The standard InChI is InChI=1S/C16H11ClF4N2O2/c17-13-5-2-6-14(18)12(13)8-22-23-15(24)9-25-11-4-1-3-10(7-11)16(19,20)21/h1-8H,9H2,(H,23,24)/b22-8+. The highest BCUT2D eigenvalue weighted by Crippen LogP contribution is 2.31. The minimum atomic E-state index is -4.51. The van der Waals surface area contributed by atoms with Gasteiger partial charge >= 0.3 is 6.18 Å². The molecular formula is C16H11ClF4N2O2. The second kappa shape index (κ2) is 7.98. The molecule has 9 heteroatoms. The molecule has 25 heavy (non-hydrogen) atoms. The highest BCUT2D eigenvalue weighted by molar-refractivity contribution is 6.33. The Hall–Kier alpha value is -2.61. The summed E-state index contributed by atoms with van der Waals surface area (Å²) in [6.45, 7) is -0.566. The van der Waals surface area contributed by atoms with E-state index < -0.39 is 30.1 Å². The predicted octanol–water partition coefficient (Wildman–Crippen LogP) is 4.03. The quantitative estimate of drug-likeness (QED) is 0.488. The third kappa shape index (κ3) is 5.46. The van der Waals surface area contributed by atoms with E-state index in [1.807, 2.05) is 0 Å². The van der Waals surface area contributed by atoms with Gasteiger partial charge in [0.15, 0.2) is 6.61 Å². The van der Waals surface area contributed by atoms with Gasteiger partial charge in [0, 0.05) is 5.56 Å². The van der Waals surface area contributed by atoms with E-state index in [1.54, 1.807) is 0 Å². The first-order valence-corrected chi connectivity index (χ1v) is 7.21. The normalized spacial score (nSPS) is 11.6. The van der Waals surface area contributed by atoms with Crippen molar-refractivity contribution in [2.75, 3.05) is 6.61 Å². The lowest BCUT2D eigenvalue weighted by atomic mass is 10.2. The fourth-order valence-corrected chi connectivity index (χ4v) is 1.96. The topological polar surface area (TPSA) is 50.7 Å². The van der Waals surface area contributed by atoms with Gasteiger partial charge in [-0.15, -0.1) is 0 Å². The second-order valence-electron chi connectivity index (χ2n) is 4.74. The molecule has 1 N–H and O–H groups in total. The Balaban J connectivity index is 1.90. The Morgan fingerprint density at radius 3 is 2.64 bits per heavy atom. The molecule has 0 spiro atoms. The smallest absolute Gasteiger partial charge is 0.416 e. The maximum Gasteiger partial charge on any atom is 0.416 e. The average molecular weight is 375 g/mol. The molecule has 0 saturated carbocycles. The number of hydrogen-bond donors (Lipinski definition) is 1. The summed E-state index contributed by atoms with van der Waals surface area (Å²) in [5.74, 6) is -1.47. The molecule has 0 aliphatic carbocycles. The minimum absolute atomic E-state index is 0.0109. The average Bonchev–Trinajstić information content (AvgIpc) is 2.55. The third-order valence-corrected chi connectivity index (χ3v) is 3.24. The third-order valence-electron chi connectivity index (χ3n) is 2.91. The van der Waals surface area contributed by atoms with Crippen molar-refractivity contribution >= 4 is 23.7 Å². The first-order chi connectivity index (χ1) is 11.8. The van der Waals surface area contributed by atoms with Crippen molar-refractivity contribution in [2.24, 2.45) is 5.10 Å². The Bertz CT molecular complexity index is 774. The minimum Gasteiger partial charge on any atom is -0.484 e. The van der Waals surface area contributed by atoms with E-state index in [2.05, 4.69) is 10.5 Å². The Labute approximate surface area is 145 Å². The van der Waals surface area contributed by atoms with Crippen LogP contribution in [0, 0.1) is 5.82 Å². The van der Waals surface area contributed by atoms with Crippen LogP contribution >= 0.6 is 11.6 Å². The number of alkyl halides is 3. The van der Waals surface area contributed by atoms with Crippen LogP contribution in [-0.4, -0.2) is 18.7 Å². The van der Waals surface area contributed by atoms with Gasteiger partial charge in [-0.1, -0.05) is 23.7 Å². The van der Waals surface area contributed by atoms with Gasteiger partial charge in [0.2, 0.25) is 0 Å². The first kappa shape index (κ1) is 18.7. The van der Waals surface area contributed by atoms with Crippen LogP contribution in [0.5, 0.6) is 5.75 Å². The van der Waals surface area contributed by atoms with Crippen LogP contribution in [0.1, 0.15) is 11.1 Å². The molecule has 0 atom stereocenters. The molecular weight excluding hydrogens is 364 g/mol. The monoisotopic (exact) mass is 374 g/mol. The molecule has 0 unspecified atom stereocenters. The number of carbonyl (C=O) groups is 1. The summed E-state index contributed by atoms with van der Waals surface area (Å²) in [4.78, 5) is 11.6. The van der Waals surface area contributed by atoms with Crippen LogP contribution in [0.2, 0.25) is 5.02 Å². The van der Waals surface area contributed by atoms with Gasteiger partial charge in [-0.2, -0.15) is 18.3 Å². The fourth-order valence-electron chi connectivity index (χ4n) is 1.75. The molecule has 1 amide bonds. The van der Waals surface area contributed by atoms with E-state index in [4.69, 9.17) is 16.3 Å². The molecule has 2 aromatic carbocycles. The van der Waals surface area contributed by atoms with E-state index in [1.165, 1.54) is 24.3 Å². The largest absolute Gasteiger partial charge is 0.484 e. The van der Waals surface area contributed by atoms with E-state index in [0.29, 0.717) is 0 Å². The Morgan fingerprint density at radius 2 is 1.96 bits per heavy atom. The highest BCUT2D eigenvalue weighted by atomic mass is 35.5. The highest BCUT2D eigenvalue weighted by Gasteiger charge is 2.30. The van der Waals surface area contributed by atoms with Gasteiger partial charge in [0.25, 0.3) is 5.91 Å². The first-order valence-electron chi connectivity index (χ1n) is 6.83. The van der Waals surface area contributed by atoms with Gasteiger partial charge in [-0.3, -0.25) is 4.79 Å². The molecule has 0 fully saturated rings. The van der Waals surface area contributed by atoms with E-state index in [9.17, 15) is 22.4 Å². The summed E-state index contributed by atoms with van der Waals surface area (Å²) in [7, 11) is 0. The summed E-state index contributed by atoms with van der Waals surface area (Å²) >= 11 is 5.78. The molecule has 0 radical (unpaired) electrons. The maximum atomic E-state index is 13.5. The maximum absolute atomic E-state index is 13.5. The predicted molar refractivity (Wildman–Crippen MR) is 84.1 cm³/mol. The Kier molecular flexibility index (Phi) is 5.97. The molecule has 0 heterocycles.